The molecule has 17 heavy (non-hydrogen) atoms. The van der Waals surface area contributed by atoms with Crippen molar-refractivity contribution in [3.8, 4) is 0 Å². The Hall–Kier alpha value is -1.09. The summed E-state index contributed by atoms with van der Waals surface area (Å²) in [5, 5.41) is 3.28. The molecule has 0 bridgehead atoms. The first kappa shape index (κ1) is 14.0. The maximum atomic E-state index is 5.87. The molecule has 3 nitrogen and oxygen atoms in total. The van der Waals surface area contributed by atoms with Gasteiger partial charge in [0.05, 0.1) is 12.2 Å². The Balaban J connectivity index is 2.53. The third kappa shape index (κ3) is 5.18. The lowest BCUT2D eigenvalue weighted by Gasteiger charge is -2.23. The van der Waals surface area contributed by atoms with Crippen molar-refractivity contribution in [1.82, 2.24) is 4.98 Å². The molecule has 0 saturated heterocycles. The van der Waals surface area contributed by atoms with Crippen molar-refractivity contribution in [1.29, 1.82) is 0 Å². The largest absolute Gasteiger partial charge is 0.371 e. The molecule has 0 fully saturated rings. The lowest BCUT2D eigenvalue weighted by Crippen LogP contribution is -2.22. The number of pyridine rings is 1. The van der Waals surface area contributed by atoms with Crippen molar-refractivity contribution in [2.24, 2.45) is 0 Å². The van der Waals surface area contributed by atoms with E-state index in [2.05, 4.69) is 44.1 Å². The molecule has 1 aromatic heterocycles. The molecule has 0 aliphatic carbocycles. The number of aromatic nitrogens is 1. The minimum Gasteiger partial charge on any atom is -0.371 e. The molecule has 96 valence electrons. The Morgan fingerprint density at radius 1 is 1.35 bits per heavy atom. The topological polar surface area (TPSA) is 34.1 Å². The molecule has 0 atom stereocenters. The first-order chi connectivity index (χ1) is 8.07. The zero-order chi connectivity index (χ0) is 12.7. The van der Waals surface area contributed by atoms with Crippen LogP contribution >= 0.6 is 0 Å². The number of ether oxygens (including phenoxy) is 1. The molecular formula is C14H24N2O. The lowest BCUT2D eigenvalue weighted by molar-refractivity contribution is -0.0316. The van der Waals surface area contributed by atoms with E-state index in [1.54, 1.807) is 0 Å². The SMILES string of the molecule is CCCNc1cc(COC(C)(C)CC)ccn1. The normalized spacial score (nSPS) is 11.5. The molecule has 1 aromatic rings. The number of rotatable bonds is 7. The number of hydrogen-bond acceptors (Lipinski definition) is 3. The molecule has 0 saturated carbocycles. The van der Waals surface area contributed by atoms with Crippen molar-refractivity contribution < 1.29 is 4.74 Å². The van der Waals surface area contributed by atoms with Gasteiger partial charge in [-0.05, 0) is 44.4 Å². The number of nitrogens with one attached hydrogen (secondary N) is 1. The van der Waals surface area contributed by atoms with Gasteiger partial charge < -0.3 is 10.1 Å². The second-order valence-electron chi connectivity index (χ2n) is 4.88. The van der Waals surface area contributed by atoms with Gasteiger partial charge in [0.25, 0.3) is 0 Å². The Morgan fingerprint density at radius 2 is 2.12 bits per heavy atom. The van der Waals surface area contributed by atoms with Crippen LogP contribution in [-0.2, 0) is 11.3 Å². The number of hydrogen-bond donors (Lipinski definition) is 1. The van der Waals surface area contributed by atoms with E-state index in [-0.39, 0.29) is 5.60 Å². The average Bonchev–Trinajstić information content (AvgIpc) is 2.35. The predicted octanol–water partition coefficient (Wildman–Crippen LogP) is 3.61. The molecule has 1 rings (SSSR count). The summed E-state index contributed by atoms with van der Waals surface area (Å²) in [6.07, 6.45) is 3.94. The van der Waals surface area contributed by atoms with Crippen LogP contribution in [0.1, 0.15) is 46.1 Å². The second kappa shape index (κ2) is 6.60. The van der Waals surface area contributed by atoms with Crippen LogP contribution in [0.2, 0.25) is 0 Å². The predicted molar refractivity (Wildman–Crippen MR) is 72.2 cm³/mol. The van der Waals surface area contributed by atoms with Crippen molar-refractivity contribution in [2.45, 2.75) is 52.7 Å². The van der Waals surface area contributed by atoms with E-state index >= 15 is 0 Å². The summed E-state index contributed by atoms with van der Waals surface area (Å²) >= 11 is 0. The third-order valence-corrected chi connectivity index (χ3v) is 2.86. The van der Waals surface area contributed by atoms with Gasteiger partial charge in [0.2, 0.25) is 0 Å². The van der Waals surface area contributed by atoms with E-state index in [0.29, 0.717) is 6.61 Å². The third-order valence-electron chi connectivity index (χ3n) is 2.86. The zero-order valence-electron chi connectivity index (χ0n) is 11.4. The van der Waals surface area contributed by atoms with Crippen LogP contribution in [-0.4, -0.2) is 17.1 Å². The van der Waals surface area contributed by atoms with Crippen LogP contribution in [0.5, 0.6) is 0 Å². The molecular weight excluding hydrogens is 212 g/mol. The van der Waals surface area contributed by atoms with Crippen molar-refractivity contribution in [2.75, 3.05) is 11.9 Å². The molecule has 0 aliphatic rings. The summed E-state index contributed by atoms with van der Waals surface area (Å²) in [4.78, 5) is 4.27. The molecule has 3 heteroatoms. The quantitative estimate of drug-likeness (QED) is 0.785. The van der Waals surface area contributed by atoms with Crippen LogP contribution < -0.4 is 5.32 Å². The number of anilines is 1. The van der Waals surface area contributed by atoms with E-state index in [9.17, 15) is 0 Å². The average molecular weight is 236 g/mol. The van der Waals surface area contributed by atoms with Gasteiger partial charge in [-0.1, -0.05) is 13.8 Å². The fraction of sp³-hybridized carbons (Fsp3) is 0.643. The van der Waals surface area contributed by atoms with Crippen LogP contribution in [0.3, 0.4) is 0 Å². The highest BCUT2D eigenvalue weighted by Gasteiger charge is 2.15. The van der Waals surface area contributed by atoms with Gasteiger partial charge in [0.15, 0.2) is 0 Å². The molecule has 0 unspecified atom stereocenters. The van der Waals surface area contributed by atoms with Gasteiger partial charge >= 0.3 is 0 Å². The minimum absolute atomic E-state index is 0.0553. The van der Waals surface area contributed by atoms with Crippen molar-refractivity contribution in [3.63, 3.8) is 0 Å². The van der Waals surface area contributed by atoms with E-state index in [0.717, 1.165) is 25.2 Å². The highest BCUT2D eigenvalue weighted by atomic mass is 16.5. The van der Waals surface area contributed by atoms with E-state index < -0.39 is 0 Å². The summed E-state index contributed by atoms with van der Waals surface area (Å²) in [7, 11) is 0. The summed E-state index contributed by atoms with van der Waals surface area (Å²) in [5.41, 5.74) is 1.11. The van der Waals surface area contributed by atoms with Crippen LogP contribution in [0.4, 0.5) is 5.82 Å². The summed E-state index contributed by atoms with van der Waals surface area (Å²) in [6, 6.07) is 4.06. The minimum atomic E-state index is -0.0553. The molecule has 0 aromatic carbocycles. The molecule has 0 amide bonds. The van der Waals surface area contributed by atoms with Gasteiger partial charge in [0, 0.05) is 12.7 Å². The Kier molecular flexibility index (Phi) is 5.42. The van der Waals surface area contributed by atoms with Gasteiger partial charge in [-0.15, -0.1) is 0 Å². The molecule has 0 aliphatic heterocycles. The van der Waals surface area contributed by atoms with Crippen LogP contribution in [0.25, 0.3) is 0 Å². The van der Waals surface area contributed by atoms with Crippen molar-refractivity contribution >= 4 is 5.82 Å². The Labute approximate surface area is 105 Å². The van der Waals surface area contributed by atoms with Crippen molar-refractivity contribution in [3.05, 3.63) is 23.9 Å². The number of nitrogens with zero attached hydrogens (tertiary/aromatic N) is 1. The maximum Gasteiger partial charge on any atom is 0.126 e. The van der Waals surface area contributed by atoms with Gasteiger partial charge in [-0.3, -0.25) is 0 Å². The van der Waals surface area contributed by atoms with E-state index in [4.69, 9.17) is 4.74 Å². The van der Waals surface area contributed by atoms with Crippen LogP contribution in [0.15, 0.2) is 18.3 Å². The van der Waals surface area contributed by atoms with Gasteiger partial charge in [0.1, 0.15) is 5.82 Å². The fourth-order valence-electron chi connectivity index (χ4n) is 1.29. The zero-order valence-corrected chi connectivity index (χ0v) is 11.4. The summed E-state index contributed by atoms with van der Waals surface area (Å²) in [5.74, 6) is 0.933. The molecule has 1 heterocycles. The fourth-order valence-corrected chi connectivity index (χ4v) is 1.29. The smallest absolute Gasteiger partial charge is 0.126 e. The monoisotopic (exact) mass is 236 g/mol. The van der Waals surface area contributed by atoms with E-state index in [1.807, 2.05) is 12.3 Å². The highest BCUT2D eigenvalue weighted by molar-refractivity contribution is 5.37. The summed E-state index contributed by atoms with van der Waals surface area (Å²) in [6.45, 7) is 10.1. The van der Waals surface area contributed by atoms with Gasteiger partial charge in [-0.2, -0.15) is 0 Å². The Bertz CT molecular complexity index is 337. The first-order valence-electron chi connectivity index (χ1n) is 6.40. The van der Waals surface area contributed by atoms with Crippen LogP contribution in [0, 0.1) is 0 Å². The molecule has 1 N–H and O–H groups in total. The highest BCUT2D eigenvalue weighted by Crippen LogP contribution is 2.17. The molecule has 0 spiro atoms. The maximum absolute atomic E-state index is 5.87. The first-order valence-corrected chi connectivity index (χ1v) is 6.40. The second-order valence-corrected chi connectivity index (χ2v) is 4.88. The van der Waals surface area contributed by atoms with E-state index in [1.165, 1.54) is 5.56 Å². The summed E-state index contributed by atoms with van der Waals surface area (Å²) < 4.78 is 5.87. The standard InChI is InChI=1S/C14H24N2O/c1-5-8-15-13-10-12(7-9-16-13)11-17-14(3,4)6-2/h7,9-10H,5-6,8,11H2,1-4H3,(H,15,16). The Morgan fingerprint density at radius 3 is 2.76 bits per heavy atom. The lowest BCUT2D eigenvalue weighted by atomic mass is 10.1. The van der Waals surface area contributed by atoms with Gasteiger partial charge in [-0.25, -0.2) is 4.98 Å². The molecule has 0 radical (unpaired) electrons.